The molecule has 0 aliphatic heterocycles. The third kappa shape index (κ3) is 2.22. The van der Waals surface area contributed by atoms with Crippen molar-refractivity contribution in [3.63, 3.8) is 0 Å². The SMILES string of the molecule is COc1c(Cl)ncnc1NCc1cn[nH]c1. The molecule has 0 aliphatic carbocycles. The summed E-state index contributed by atoms with van der Waals surface area (Å²) in [4.78, 5) is 7.87. The van der Waals surface area contributed by atoms with Crippen LogP contribution in [0.15, 0.2) is 18.7 Å². The molecule has 16 heavy (non-hydrogen) atoms. The molecule has 2 heterocycles. The molecular formula is C9H10ClN5O. The zero-order valence-electron chi connectivity index (χ0n) is 8.57. The lowest BCUT2D eigenvalue weighted by atomic mass is 10.3. The van der Waals surface area contributed by atoms with Crippen molar-refractivity contribution in [2.45, 2.75) is 6.54 Å². The molecule has 0 saturated heterocycles. The van der Waals surface area contributed by atoms with Gasteiger partial charge in [-0.15, -0.1) is 0 Å². The van der Waals surface area contributed by atoms with Crippen molar-refractivity contribution in [1.82, 2.24) is 20.2 Å². The van der Waals surface area contributed by atoms with Gasteiger partial charge in [0.15, 0.2) is 16.7 Å². The number of halogens is 1. The van der Waals surface area contributed by atoms with E-state index in [2.05, 4.69) is 25.5 Å². The van der Waals surface area contributed by atoms with Crippen molar-refractivity contribution in [2.24, 2.45) is 0 Å². The van der Waals surface area contributed by atoms with Crippen LogP contribution in [0, 0.1) is 0 Å². The lowest BCUT2D eigenvalue weighted by molar-refractivity contribution is 0.413. The Bertz CT molecular complexity index is 459. The van der Waals surface area contributed by atoms with Crippen molar-refractivity contribution < 1.29 is 4.74 Å². The lowest BCUT2D eigenvalue weighted by Gasteiger charge is -2.09. The first-order valence-electron chi connectivity index (χ1n) is 4.57. The van der Waals surface area contributed by atoms with Crippen LogP contribution in [0.1, 0.15) is 5.56 Å². The second-order valence-electron chi connectivity index (χ2n) is 3.01. The van der Waals surface area contributed by atoms with Gasteiger partial charge in [0.2, 0.25) is 0 Å². The molecule has 0 unspecified atom stereocenters. The van der Waals surface area contributed by atoms with E-state index in [4.69, 9.17) is 16.3 Å². The largest absolute Gasteiger partial charge is 0.490 e. The molecule has 0 aromatic carbocycles. The quantitative estimate of drug-likeness (QED) is 0.791. The molecule has 2 aromatic heterocycles. The van der Waals surface area contributed by atoms with Crippen LogP contribution in [0.2, 0.25) is 5.15 Å². The Balaban J connectivity index is 2.12. The molecule has 7 heteroatoms. The molecule has 2 aromatic rings. The highest BCUT2D eigenvalue weighted by molar-refractivity contribution is 6.31. The topological polar surface area (TPSA) is 75.7 Å². The Hall–Kier alpha value is -1.82. The maximum absolute atomic E-state index is 5.86. The Labute approximate surface area is 97.0 Å². The zero-order valence-corrected chi connectivity index (χ0v) is 9.32. The third-order valence-electron chi connectivity index (χ3n) is 1.98. The van der Waals surface area contributed by atoms with Gasteiger partial charge < -0.3 is 10.1 Å². The van der Waals surface area contributed by atoms with Gasteiger partial charge in [-0.3, -0.25) is 5.10 Å². The van der Waals surface area contributed by atoms with Gasteiger partial charge >= 0.3 is 0 Å². The summed E-state index contributed by atoms with van der Waals surface area (Å²) in [5, 5.41) is 9.94. The van der Waals surface area contributed by atoms with Crippen LogP contribution < -0.4 is 10.1 Å². The molecule has 0 atom stereocenters. The van der Waals surface area contributed by atoms with Crippen LogP contribution in [-0.2, 0) is 6.54 Å². The van der Waals surface area contributed by atoms with Crippen molar-refractivity contribution >= 4 is 17.4 Å². The van der Waals surface area contributed by atoms with Crippen molar-refractivity contribution in [3.05, 3.63) is 29.4 Å². The second kappa shape index (κ2) is 4.80. The van der Waals surface area contributed by atoms with E-state index in [1.807, 2.05) is 0 Å². The van der Waals surface area contributed by atoms with Crippen molar-refractivity contribution in [1.29, 1.82) is 0 Å². The minimum absolute atomic E-state index is 0.284. The van der Waals surface area contributed by atoms with E-state index in [0.717, 1.165) is 5.56 Å². The van der Waals surface area contributed by atoms with Gasteiger partial charge in [0, 0.05) is 18.3 Å². The van der Waals surface area contributed by atoms with Crippen LogP contribution in [-0.4, -0.2) is 27.3 Å². The number of anilines is 1. The molecule has 0 amide bonds. The highest BCUT2D eigenvalue weighted by Gasteiger charge is 2.09. The maximum Gasteiger partial charge on any atom is 0.198 e. The fourth-order valence-electron chi connectivity index (χ4n) is 1.22. The summed E-state index contributed by atoms with van der Waals surface area (Å²) in [5.41, 5.74) is 1.01. The minimum atomic E-state index is 0.284. The summed E-state index contributed by atoms with van der Waals surface area (Å²) < 4.78 is 5.10. The standard InChI is InChI=1S/C9H10ClN5O/c1-16-7-8(10)12-5-13-9(7)11-2-6-3-14-15-4-6/h3-5H,2H2,1H3,(H,14,15)(H,11,12,13). The average Bonchev–Trinajstić information content (AvgIpc) is 2.79. The highest BCUT2D eigenvalue weighted by atomic mass is 35.5. The van der Waals surface area contributed by atoms with Gasteiger partial charge in [0.05, 0.1) is 13.3 Å². The number of hydrogen-bond acceptors (Lipinski definition) is 5. The minimum Gasteiger partial charge on any atom is -0.490 e. The number of nitrogens with one attached hydrogen (secondary N) is 2. The Morgan fingerprint density at radius 2 is 2.38 bits per heavy atom. The third-order valence-corrected chi connectivity index (χ3v) is 2.25. The number of methoxy groups -OCH3 is 1. The summed E-state index contributed by atoms with van der Waals surface area (Å²) >= 11 is 5.86. The molecule has 0 radical (unpaired) electrons. The number of rotatable bonds is 4. The summed E-state index contributed by atoms with van der Waals surface area (Å²) in [6, 6.07) is 0. The molecule has 6 nitrogen and oxygen atoms in total. The fraction of sp³-hybridized carbons (Fsp3) is 0.222. The van der Waals surface area contributed by atoms with Crippen LogP contribution >= 0.6 is 11.6 Å². The first-order chi connectivity index (χ1) is 7.81. The molecule has 0 aliphatic rings. The van der Waals surface area contributed by atoms with Crippen molar-refractivity contribution in [2.75, 3.05) is 12.4 Å². The van der Waals surface area contributed by atoms with E-state index >= 15 is 0 Å². The van der Waals surface area contributed by atoms with E-state index in [1.165, 1.54) is 13.4 Å². The van der Waals surface area contributed by atoms with Gasteiger partial charge in [-0.1, -0.05) is 11.6 Å². The number of ether oxygens (including phenoxy) is 1. The van der Waals surface area contributed by atoms with E-state index in [0.29, 0.717) is 18.1 Å². The Kier molecular flexibility index (Phi) is 3.21. The summed E-state index contributed by atoms with van der Waals surface area (Å²) in [7, 11) is 1.52. The smallest absolute Gasteiger partial charge is 0.198 e. The van der Waals surface area contributed by atoms with Gasteiger partial charge in [-0.05, 0) is 0 Å². The van der Waals surface area contributed by atoms with Crippen LogP contribution in [0.5, 0.6) is 5.75 Å². The summed E-state index contributed by atoms with van der Waals surface area (Å²) in [6.45, 7) is 0.584. The average molecular weight is 240 g/mol. The fourth-order valence-corrected chi connectivity index (χ4v) is 1.43. The maximum atomic E-state index is 5.86. The first-order valence-corrected chi connectivity index (χ1v) is 4.95. The van der Waals surface area contributed by atoms with E-state index < -0.39 is 0 Å². The van der Waals surface area contributed by atoms with Gasteiger partial charge in [0.1, 0.15) is 6.33 Å². The van der Waals surface area contributed by atoms with E-state index in [1.54, 1.807) is 12.4 Å². The number of nitrogens with zero attached hydrogens (tertiary/aromatic N) is 3. The molecular weight excluding hydrogens is 230 g/mol. The number of aromatic amines is 1. The first kappa shape index (κ1) is 10.7. The molecule has 2 N–H and O–H groups in total. The normalized spacial score (nSPS) is 10.1. The van der Waals surface area contributed by atoms with Crippen LogP contribution in [0.3, 0.4) is 0 Å². The van der Waals surface area contributed by atoms with Gasteiger partial charge in [0.25, 0.3) is 0 Å². The van der Waals surface area contributed by atoms with Gasteiger partial charge in [-0.25, -0.2) is 9.97 Å². The molecule has 84 valence electrons. The Morgan fingerprint density at radius 1 is 1.50 bits per heavy atom. The summed E-state index contributed by atoms with van der Waals surface area (Å²) in [5.74, 6) is 0.997. The molecule has 0 bridgehead atoms. The lowest BCUT2D eigenvalue weighted by Crippen LogP contribution is -2.03. The van der Waals surface area contributed by atoms with E-state index in [-0.39, 0.29) is 5.15 Å². The van der Waals surface area contributed by atoms with E-state index in [9.17, 15) is 0 Å². The van der Waals surface area contributed by atoms with Crippen LogP contribution in [0.25, 0.3) is 0 Å². The predicted octanol–water partition coefficient (Wildman–Crippen LogP) is 1.47. The number of H-pyrrole nitrogens is 1. The molecule has 0 saturated carbocycles. The van der Waals surface area contributed by atoms with Crippen molar-refractivity contribution in [3.8, 4) is 5.75 Å². The van der Waals surface area contributed by atoms with Gasteiger partial charge in [-0.2, -0.15) is 5.10 Å². The second-order valence-corrected chi connectivity index (χ2v) is 3.36. The molecule has 2 rings (SSSR count). The highest BCUT2D eigenvalue weighted by Crippen LogP contribution is 2.28. The molecule has 0 fully saturated rings. The predicted molar refractivity (Wildman–Crippen MR) is 59.5 cm³/mol. The van der Waals surface area contributed by atoms with Crippen LogP contribution in [0.4, 0.5) is 5.82 Å². The number of hydrogen-bond donors (Lipinski definition) is 2. The zero-order chi connectivity index (χ0) is 11.4. The Morgan fingerprint density at radius 3 is 3.06 bits per heavy atom. The number of aromatic nitrogens is 4. The molecule has 0 spiro atoms. The monoisotopic (exact) mass is 239 g/mol. The summed E-state index contributed by atoms with van der Waals surface area (Å²) in [6.07, 6.45) is 4.90.